The zero-order valence-electron chi connectivity index (χ0n) is 20.6. The lowest BCUT2D eigenvalue weighted by Gasteiger charge is -2.14. The maximum Gasteiger partial charge on any atom is 0.426 e. The molecule has 0 saturated heterocycles. The molecule has 5 rings (SSSR count). The molecule has 2 heterocycles. The van der Waals surface area contributed by atoms with Gasteiger partial charge >= 0.3 is 5.95 Å². The Bertz CT molecular complexity index is 1490. The second-order valence-electron chi connectivity index (χ2n) is 8.24. The predicted molar refractivity (Wildman–Crippen MR) is 140 cm³/mol. The van der Waals surface area contributed by atoms with E-state index in [9.17, 15) is 0 Å². The molecule has 8 heteroatoms. The number of hydrogen-bond donors (Lipinski definition) is 0. The Labute approximate surface area is 221 Å². The van der Waals surface area contributed by atoms with E-state index in [-0.39, 0.29) is 12.4 Å². The number of fused-ring (bicyclic) bond motifs is 1. The fourth-order valence-corrected chi connectivity index (χ4v) is 4.56. The molecule has 0 bridgehead atoms. The highest BCUT2D eigenvalue weighted by Gasteiger charge is 2.26. The number of hydrogen-bond acceptors (Lipinski definition) is 5. The van der Waals surface area contributed by atoms with Gasteiger partial charge in [-0.15, -0.1) is 4.68 Å². The second-order valence-corrected chi connectivity index (χ2v) is 9.01. The van der Waals surface area contributed by atoms with Crippen molar-refractivity contribution in [2.24, 2.45) is 0 Å². The van der Waals surface area contributed by atoms with Crippen molar-refractivity contribution in [1.82, 2.24) is 14.8 Å². The number of rotatable bonds is 7. The van der Waals surface area contributed by atoms with E-state index in [1.807, 2.05) is 41.3 Å². The first-order chi connectivity index (χ1) is 17.1. The quantitative estimate of drug-likeness (QED) is 0.245. The van der Waals surface area contributed by atoms with E-state index in [2.05, 4.69) is 60.2 Å². The average Bonchev–Trinajstić information content (AvgIpc) is 3.30. The molecule has 36 heavy (non-hydrogen) atoms. The molecule has 0 atom stereocenters. The van der Waals surface area contributed by atoms with Gasteiger partial charge in [0, 0.05) is 10.9 Å². The van der Waals surface area contributed by atoms with Gasteiger partial charge in [-0.1, -0.05) is 77.0 Å². The number of halogens is 1. The van der Waals surface area contributed by atoms with Gasteiger partial charge in [0.1, 0.15) is 12.2 Å². The standard InChI is InChI=1S/C28H27N4O2S.ClH/c1-19-10-12-21(13-11-19)26-23-17-25(34-3)24(33-2)16-22(23)14-15-31(26)28-29-27(35-4)30-32(28)18-20-8-6-5-7-9-20;/h5-17H,18H2,1-4H3;1H/q+1;/p-1. The van der Waals surface area contributed by atoms with Crippen LogP contribution >= 0.6 is 11.8 Å². The van der Waals surface area contributed by atoms with Crippen molar-refractivity contribution in [2.75, 3.05) is 20.5 Å². The zero-order valence-corrected chi connectivity index (χ0v) is 22.2. The van der Waals surface area contributed by atoms with Crippen molar-refractivity contribution in [1.29, 1.82) is 0 Å². The third-order valence-corrected chi connectivity index (χ3v) is 6.52. The summed E-state index contributed by atoms with van der Waals surface area (Å²) in [4.78, 5) is 4.90. The molecule has 0 unspecified atom stereocenters. The van der Waals surface area contributed by atoms with Gasteiger partial charge in [-0.2, -0.15) is 4.57 Å². The van der Waals surface area contributed by atoms with Crippen molar-refractivity contribution < 1.29 is 26.4 Å². The van der Waals surface area contributed by atoms with Crippen LogP contribution in [-0.4, -0.2) is 35.2 Å². The van der Waals surface area contributed by atoms with Crippen molar-refractivity contribution in [3.8, 4) is 28.7 Å². The van der Waals surface area contributed by atoms with Crippen LogP contribution in [0.3, 0.4) is 0 Å². The largest absolute Gasteiger partial charge is 1.00 e. The first-order valence-corrected chi connectivity index (χ1v) is 12.5. The summed E-state index contributed by atoms with van der Waals surface area (Å²) in [5.41, 5.74) is 4.46. The Morgan fingerprint density at radius 1 is 0.917 bits per heavy atom. The molecule has 0 N–H and O–H groups in total. The normalized spacial score (nSPS) is 10.8. The van der Waals surface area contributed by atoms with E-state index in [4.69, 9.17) is 19.6 Å². The van der Waals surface area contributed by atoms with Crippen molar-refractivity contribution in [3.63, 3.8) is 0 Å². The fourth-order valence-electron chi connectivity index (χ4n) is 4.21. The van der Waals surface area contributed by atoms with Crippen LogP contribution in [0.4, 0.5) is 0 Å². The zero-order chi connectivity index (χ0) is 24.4. The van der Waals surface area contributed by atoms with Gasteiger partial charge in [0.15, 0.2) is 11.5 Å². The summed E-state index contributed by atoms with van der Waals surface area (Å²) in [7, 11) is 3.32. The summed E-state index contributed by atoms with van der Waals surface area (Å²) < 4.78 is 15.3. The Morgan fingerprint density at radius 3 is 2.28 bits per heavy atom. The molecule has 184 valence electrons. The topological polar surface area (TPSA) is 53.0 Å². The highest BCUT2D eigenvalue weighted by Crippen LogP contribution is 2.36. The lowest BCUT2D eigenvalue weighted by molar-refractivity contribution is -0.592. The first-order valence-electron chi connectivity index (χ1n) is 11.3. The molecule has 5 aromatic rings. The molecule has 0 aliphatic heterocycles. The maximum absolute atomic E-state index is 5.65. The average molecular weight is 519 g/mol. The van der Waals surface area contributed by atoms with E-state index >= 15 is 0 Å². The summed E-state index contributed by atoms with van der Waals surface area (Å²) in [6.07, 6.45) is 4.05. The molecule has 0 aliphatic carbocycles. The molecule has 0 fully saturated rings. The highest BCUT2D eigenvalue weighted by atomic mass is 35.5. The third-order valence-electron chi connectivity index (χ3n) is 5.99. The Balaban J connectivity index is 0.00000304. The third kappa shape index (κ3) is 4.90. The minimum atomic E-state index is 0. The number of pyridine rings is 1. The van der Waals surface area contributed by atoms with Gasteiger partial charge in [-0.25, -0.2) is 0 Å². The predicted octanol–water partition coefficient (Wildman–Crippen LogP) is 2.47. The van der Waals surface area contributed by atoms with Gasteiger partial charge in [-0.05, 0) is 47.3 Å². The maximum atomic E-state index is 5.65. The summed E-state index contributed by atoms with van der Waals surface area (Å²) in [5, 5.41) is 7.61. The summed E-state index contributed by atoms with van der Waals surface area (Å²) >= 11 is 1.53. The minimum absolute atomic E-state index is 0. The Kier molecular flexibility index (Phi) is 7.82. The molecule has 0 saturated carbocycles. The SMILES string of the molecule is COc1cc2cc[n+](-c3nc(SC)nn3Cc3ccccc3)c(-c3ccc(C)cc3)c2cc1OC.[Cl-]. The lowest BCUT2D eigenvalue weighted by Crippen LogP contribution is -3.00. The number of aromatic nitrogens is 4. The van der Waals surface area contributed by atoms with E-state index in [1.165, 1.54) is 17.3 Å². The number of aryl methyl sites for hydroxylation is 1. The van der Waals surface area contributed by atoms with E-state index in [1.54, 1.807) is 14.2 Å². The summed E-state index contributed by atoms with van der Waals surface area (Å²) in [6.45, 7) is 2.71. The van der Waals surface area contributed by atoms with Crippen LogP contribution in [0.25, 0.3) is 28.0 Å². The van der Waals surface area contributed by atoms with Crippen LogP contribution in [-0.2, 0) is 6.54 Å². The van der Waals surface area contributed by atoms with Gasteiger partial charge in [0.05, 0.1) is 20.4 Å². The molecule has 2 aromatic heterocycles. The monoisotopic (exact) mass is 518 g/mol. The van der Waals surface area contributed by atoms with Crippen LogP contribution in [0.5, 0.6) is 11.5 Å². The van der Waals surface area contributed by atoms with E-state index in [0.29, 0.717) is 18.0 Å². The van der Waals surface area contributed by atoms with Gasteiger partial charge in [0.25, 0.3) is 5.16 Å². The molecule has 0 spiro atoms. The number of thioether (sulfide) groups is 1. The molecular weight excluding hydrogens is 492 g/mol. The number of nitrogens with zero attached hydrogens (tertiary/aromatic N) is 4. The minimum Gasteiger partial charge on any atom is -1.00 e. The number of methoxy groups -OCH3 is 2. The smallest absolute Gasteiger partial charge is 0.426 e. The van der Waals surface area contributed by atoms with Crippen LogP contribution in [0, 0.1) is 6.92 Å². The van der Waals surface area contributed by atoms with Crippen LogP contribution in [0.2, 0.25) is 0 Å². The van der Waals surface area contributed by atoms with Crippen LogP contribution in [0.15, 0.2) is 84.1 Å². The number of benzene rings is 3. The van der Waals surface area contributed by atoms with Gasteiger partial charge in [-0.3, -0.25) is 0 Å². The molecule has 6 nitrogen and oxygen atoms in total. The fraction of sp³-hybridized carbons (Fsp3) is 0.179. The summed E-state index contributed by atoms with van der Waals surface area (Å²) in [6, 6.07) is 25.0. The summed E-state index contributed by atoms with van der Waals surface area (Å²) in [5.74, 6) is 2.14. The Hall–Kier alpha value is -3.55. The molecular formula is C28H27ClN4O2S. The van der Waals surface area contributed by atoms with Crippen molar-refractivity contribution in [2.45, 2.75) is 18.6 Å². The molecule has 0 amide bonds. The van der Waals surface area contributed by atoms with Crippen molar-refractivity contribution >= 4 is 22.5 Å². The lowest BCUT2D eigenvalue weighted by atomic mass is 10.0. The first kappa shape index (κ1) is 25.5. The van der Waals surface area contributed by atoms with E-state index in [0.717, 1.165) is 38.7 Å². The number of ether oxygens (including phenoxy) is 2. The highest BCUT2D eigenvalue weighted by molar-refractivity contribution is 7.98. The molecule has 0 aliphatic rings. The second kappa shape index (κ2) is 11.0. The Morgan fingerprint density at radius 2 is 1.61 bits per heavy atom. The molecule has 0 radical (unpaired) electrons. The van der Waals surface area contributed by atoms with Gasteiger partial charge < -0.3 is 21.9 Å². The molecule has 3 aromatic carbocycles. The van der Waals surface area contributed by atoms with Crippen LogP contribution in [0.1, 0.15) is 11.1 Å². The van der Waals surface area contributed by atoms with Gasteiger partial charge in [0.2, 0.25) is 0 Å². The van der Waals surface area contributed by atoms with Crippen LogP contribution < -0.4 is 26.4 Å². The van der Waals surface area contributed by atoms with Crippen molar-refractivity contribution in [3.05, 3.63) is 90.1 Å². The van der Waals surface area contributed by atoms with E-state index < -0.39 is 0 Å².